The maximum Gasteiger partial charge on any atom is 0.259 e. The number of aryl methyl sites for hydroxylation is 1. The Bertz CT molecular complexity index is 1370. The summed E-state index contributed by atoms with van der Waals surface area (Å²) in [7, 11) is 0. The van der Waals surface area contributed by atoms with Crippen LogP contribution in [0.15, 0.2) is 58.3 Å². The van der Waals surface area contributed by atoms with Crippen molar-refractivity contribution in [3.63, 3.8) is 0 Å². The first-order chi connectivity index (χ1) is 16.1. The van der Waals surface area contributed by atoms with Gasteiger partial charge in [-0.3, -0.25) is 9.36 Å². The predicted molar refractivity (Wildman–Crippen MR) is 128 cm³/mol. The normalized spacial score (nSPS) is 12.6. The van der Waals surface area contributed by atoms with Crippen molar-refractivity contribution < 1.29 is 0 Å². The summed E-state index contributed by atoms with van der Waals surface area (Å²) in [5, 5.41) is 14.4. The Kier molecular flexibility index (Phi) is 5.64. The zero-order valence-corrected chi connectivity index (χ0v) is 18.7. The molecule has 0 saturated heterocycles. The van der Waals surface area contributed by atoms with Crippen LogP contribution in [0.5, 0.6) is 0 Å². The molecule has 166 valence electrons. The van der Waals surface area contributed by atoms with Gasteiger partial charge in [-0.05, 0) is 41.7 Å². The molecule has 3 heterocycles. The van der Waals surface area contributed by atoms with Crippen LogP contribution in [0, 0.1) is 0 Å². The third-order valence-electron chi connectivity index (χ3n) is 5.93. The van der Waals surface area contributed by atoms with E-state index in [0.29, 0.717) is 24.7 Å². The number of nitrogens with one attached hydrogen (secondary N) is 1. The minimum absolute atomic E-state index is 0.0261. The van der Waals surface area contributed by atoms with Gasteiger partial charge in [0.1, 0.15) is 0 Å². The number of aromatic amines is 1. The summed E-state index contributed by atoms with van der Waals surface area (Å²) in [5.74, 6) is 1.10. The van der Waals surface area contributed by atoms with Gasteiger partial charge >= 0.3 is 0 Å². The molecule has 0 atom stereocenters. The number of tetrazole rings is 1. The van der Waals surface area contributed by atoms with Gasteiger partial charge in [0.05, 0.1) is 12.2 Å². The van der Waals surface area contributed by atoms with E-state index in [4.69, 9.17) is 4.98 Å². The van der Waals surface area contributed by atoms with E-state index < -0.39 is 0 Å². The van der Waals surface area contributed by atoms with Crippen LogP contribution in [0.1, 0.15) is 43.5 Å². The van der Waals surface area contributed by atoms with E-state index in [9.17, 15) is 4.79 Å². The SMILES string of the molecule is CCCCc1nc2n(c(=O)c1Cc1ccc(-c3ccccc3-c3nn[nH]n3)cc1)CC(C)=N2. The van der Waals surface area contributed by atoms with Gasteiger partial charge in [0, 0.05) is 23.3 Å². The van der Waals surface area contributed by atoms with Crippen molar-refractivity contribution in [3.8, 4) is 22.5 Å². The number of hydrogen-bond acceptors (Lipinski definition) is 6. The lowest BCUT2D eigenvalue weighted by Gasteiger charge is -2.12. The second-order valence-corrected chi connectivity index (χ2v) is 8.33. The lowest BCUT2D eigenvalue weighted by Crippen LogP contribution is -2.26. The highest BCUT2D eigenvalue weighted by Crippen LogP contribution is 2.30. The van der Waals surface area contributed by atoms with E-state index in [1.807, 2.05) is 31.2 Å². The zero-order valence-electron chi connectivity index (χ0n) is 18.7. The van der Waals surface area contributed by atoms with Crippen LogP contribution >= 0.6 is 0 Å². The van der Waals surface area contributed by atoms with Gasteiger partial charge in [-0.1, -0.05) is 61.9 Å². The average molecular weight is 440 g/mol. The lowest BCUT2D eigenvalue weighted by atomic mass is 9.96. The van der Waals surface area contributed by atoms with Crippen LogP contribution in [0.3, 0.4) is 0 Å². The monoisotopic (exact) mass is 439 g/mol. The Labute approximate surface area is 191 Å². The number of rotatable bonds is 7. The van der Waals surface area contributed by atoms with E-state index in [1.54, 1.807) is 4.57 Å². The van der Waals surface area contributed by atoms with Crippen molar-refractivity contribution in [2.45, 2.75) is 46.1 Å². The Balaban J connectivity index is 1.47. The number of fused-ring (bicyclic) bond motifs is 1. The van der Waals surface area contributed by atoms with Gasteiger partial charge in [-0.15, -0.1) is 10.2 Å². The number of H-pyrrole nitrogens is 1. The molecule has 0 bridgehead atoms. The number of nitrogens with zero attached hydrogens (tertiary/aromatic N) is 6. The fraction of sp³-hybridized carbons (Fsp3) is 0.280. The smallest absolute Gasteiger partial charge is 0.259 e. The second kappa shape index (κ2) is 8.90. The van der Waals surface area contributed by atoms with Gasteiger partial charge in [0.15, 0.2) is 0 Å². The summed E-state index contributed by atoms with van der Waals surface area (Å²) in [6.45, 7) is 4.60. The van der Waals surface area contributed by atoms with E-state index in [1.165, 1.54) is 0 Å². The summed E-state index contributed by atoms with van der Waals surface area (Å²) < 4.78 is 1.69. The van der Waals surface area contributed by atoms with Gasteiger partial charge in [-0.25, -0.2) is 9.98 Å². The fourth-order valence-electron chi connectivity index (χ4n) is 4.23. The highest BCUT2D eigenvalue weighted by molar-refractivity contribution is 5.86. The van der Waals surface area contributed by atoms with Crippen LogP contribution in [-0.2, 0) is 19.4 Å². The first kappa shape index (κ1) is 20.9. The summed E-state index contributed by atoms with van der Waals surface area (Å²) >= 11 is 0. The molecule has 0 spiro atoms. The third kappa shape index (κ3) is 4.11. The molecule has 0 saturated carbocycles. The van der Waals surface area contributed by atoms with Crippen LogP contribution in [0.2, 0.25) is 0 Å². The van der Waals surface area contributed by atoms with Crippen molar-refractivity contribution >= 4 is 11.7 Å². The molecule has 0 amide bonds. The molecular formula is C25H25N7O. The summed E-state index contributed by atoms with van der Waals surface area (Å²) in [6.07, 6.45) is 3.39. The quantitative estimate of drug-likeness (QED) is 0.466. The summed E-state index contributed by atoms with van der Waals surface area (Å²) in [6, 6.07) is 16.3. The van der Waals surface area contributed by atoms with Crippen LogP contribution in [0.4, 0.5) is 5.95 Å². The first-order valence-corrected chi connectivity index (χ1v) is 11.2. The molecule has 2 aromatic carbocycles. The molecule has 0 radical (unpaired) electrons. The first-order valence-electron chi connectivity index (χ1n) is 11.2. The molecule has 1 aliphatic heterocycles. The van der Waals surface area contributed by atoms with E-state index in [0.717, 1.165) is 58.5 Å². The fourth-order valence-corrected chi connectivity index (χ4v) is 4.23. The lowest BCUT2D eigenvalue weighted by molar-refractivity contribution is 0.729. The minimum atomic E-state index is 0.0261. The summed E-state index contributed by atoms with van der Waals surface area (Å²) in [5.41, 5.74) is 6.66. The topological polar surface area (TPSA) is 102 Å². The highest BCUT2D eigenvalue weighted by Gasteiger charge is 2.20. The standard InChI is InChI=1S/C25H25N7O/c1-3-4-9-22-21(24(33)32-15-16(2)26-25(32)27-22)14-17-10-12-18(13-11-17)19-7-5-6-8-20(19)23-28-30-31-29-23/h5-8,10-13H,3-4,9,14-15H2,1-2H3,(H,28,29,30,31). The van der Waals surface area contributed by atoms with Gasteiger partial charge in [0.2, 0.25) is 11.8 Å². The average Bonchev–Trinajstić information content (AvgIpc) is 3.50. The third-order valence-corrected chi connectivity index (χ3v) is 5.93. The molecule has 1 aliphatic rings. The Morgan fingerprint density at radius 1 is 1.06 bits per heavy atom. The van der Waals surface area contributed by atoms with Crippen LogP contribution < -0.4 is 5.56 Å². The van der Waals surface area contributed by atoms with E-state index >= 15 is 0 Å². The Hall–Kier alpha value is -3.94. The van der Waals surface area contributed by atoms with Gasteiger partial charge in [-0.2, -0.15) is 5.21 Å². The van der Waals surface area contributed by atoms with Crippen molar-refractivity contribution in [1.29, 1.82) is 0 Å². The van der Waals surface area contributed by atoms with Crippen molar-refractivity contribution in [1.82, 2.24) is 30.2 Å². The molecule has 4 aromatic rings. The van der Waals surface area contributed by atoms with E-state index in [-0.39, 0.29) is 5.56 Å². The molecule has 2 aromatic heterocycles. The van der Waals surface area contributed by atoms with Crippen molar-refractivity contribution in [2.75, 3.05) is 0 Å². The molecular weight excluding hydrogens is 414 g/mol. The summed E-state index contributed by atoms with van der Waals surface area (Å²) in [4.78, 5) is 22.5. The molecule has 5 rings (SSSR count). The molecule has 8 heteroatoms. The van der Waals surface area contributed by atoms with Crippen LogP contribution in [-0.4, -0.2) is 35.9 Å². The number of aromatic nitrogens is 6. The second-order valence-electron chi connectivity index (χ2n) is 8.33. The van der Waals surface area contributed by atoms with Crippen molar-refractivity contribution in [2.24, 2.45) is 4.99 Å². The molecule has 0 fully saturated rings. The Morgan fingerprint density at radius 2 is 1.85 bits per heavy atom. The predicted octanol–water partition coefficient (Wildman–Crippen LogP) is 4.13. The highest BCUT2D eigenvalue weighted by atomic mass is 16.1. The molecule has 33 heavy (non-hydrogen) atoms. The van der Waals surface area contributed by atoms with E-state index in [2.05, 4.69) is 56.8 Å². The largest absolute Gasteiger partial charge is 0.271 e. The number of hydrogen-bond donors (Lipinski definition) is 1. The number of benzene rings is 2. The molecule has 0 aliphatic carbocycles. The Morgan fingerprint density at radius 3 is 2.58 bits per heavy atom. The minimum Gasteiger partial charge on any atom is -0.271 e. The molecule has 1 N–H and O–H groups in total. The number of aliphatic imine (C=N–C) groups is 1. The zero-order chi connectivity index (χ0) is 22.8. The number of unbranched alkanes of at least 4 members (excludes halogenated alkanes) is 1. The molecule has 8 nitrogen and oxygen atoms in total. The van der Waals surface area contributed by atoms with Crippen LogP contribution in [0.25, 0.3) is 22.5 Å². The van der Waals surface area contributed by atoms with Crippen molar-refractivity contribution in [3.05, 3.63) is 75.7 Å². The molecule has 0 unspecified atom stereocenters. The maximum absolute atomic E-state index is 13.3. The van der Waals surface area contributed by atoms with Gasteiger partial charge < -0.3 is 0 Å². The van der Waals surface area contributed by atoms with Gasteiger partial charge in [0.25, 0.3) is 5.56 Å². The maximum atomic E-state index is 13.3.